The molecule has 0 saturated heterocycles. The molecule has 0 amide bonds. The van der Waals surface area contributed by atoms with Crippen LogP contribution in [0.4, 0.5) is 0 Å². The van der Waals surface area contributed by atoms with Crippen molar-refractivity contribution >= 4 is 11.6 Å². The van der Waals surface area contributed by atoms with Crippen LogP contribution < -0.4 is 10.8 Å². The van der Waals surface area contributed by atoms with Gasteiger partial charge < -0.3 is 15.9 Å². The van der Waals surface area contributed by atoms with E-state index < -0.39 is 11.7 Å². The van der Waals surface area contributed by atoms with Gasteiger partial charge in [0.2, 0.25) is 0 Å². The molecular formula is C33H46NO2-. The predicted octanol–water partition coefficient (Wildman–Crippen LogP) is 6.26. The number of fused-ring (bicyclic) bond motifs is 3. The fourth-order valence-electron chi connectivity index (χ4n) is 9.28. The third kappa shape index (κ3) is 3.45. The molecule has 36 heavy (non-hydrogen) atoms. The van der Waals surface area contributed by atoms with Gasteiger partial charge in [0.25, 0.3) is 0 Å². The number of hydrogen-bond acceptors (Lipinski definition) is 3. The zero-order valence-electron chi connectivity index (χ0n) is 23.6. The molecule has 4 rings (SSSR count). The maximum absolute atomic E-state index is 15.1. The normalized spacial score (nSPS) is 36.0. The van der Waals surface area contributed by atoms with Crippen LogP contribution in [0.1, 0.15) is 95.0 Å². The second kappa shape index (κ2) is 9.03. The number of benzene rings is 1. The highest BCUT2D eigenvalue weighted by atomic mass is 16.3. The van der Waals surface area contributed by atoms with Crippen LogP contribution in [-0.4, -0.2) is 16.8 Å². The van der Waals surface area contributed by atoms with Crippen molar-refractivity contribution in [3.8, 4) is 0 Å². The molecule has 3 heteroatoms. The lowest BCUT2D eigenvalue weighted by atomic mass is 9.39. The lowest BCUT2D eigenvalue weighted by molar-refractivity contribution is -0.474. The third-order valence-corrected chi connectivity index (χ3v) is 10.4. The minimum atomic E-state index is -1.25. The van der Waals surface area contributed by atoms with Crippen molar-refractivity contribution in [1.29, 1.82) is 0 Å². The van der Waals surface area contributed by atoms with Crippen molar-refractivity contribution in [3.63, 3.8) is 0 Å². The fourth-order valence-corrected chi connectivity index (χ4v) is 9.28. The minimum absolute atomic E-state index is 0.0751. The molecule has 0 aromatic heterocycles. The smallest absolute Gasteiger partial charge is 0.0631 e. The number of hydrogen-bond donors (Lipinski definition) is 2. The summed E-state index contributed by atoms with van der Waals surface area (Å²) in [6, 6.07) is 2.29. The Labute approximate surface area is 218 Å². The van der Waals surface area contributed by atoms with Gasteiger partial charge in [-0.2, -0.15) is 0 Å². The first-order chi connectivity index (χ1) is 16.8. The number of rotatable bonds is 5. The van der Waals surface area contributed by atoms with Crippen molar-refractivity contribution in [2.45, 2.75) is 98.7 Å². The van der Waals surface area contributed by atoms with Gasteiger partial charge in [0.05, 0.1) is 6.10 Å². The van der Waals surface area contributed by atoms with Gasteiger partial charge in [-0.3, -0.25) is 0 Å². The Hall–Kier alpha value is -2.10. The van der Waals surface area contributed by atoms with E-state index >= 15 is 5.11 Å². The molecule has 0 spiro atoms. The van der Waals surface area contributed by atoms with Crippen molar-refractivity contribution in [2.75, 3.05) is 0 Å². The Balaban J connectivity index is 2.03. The SMILES string of the molecule is C=C1C2=C(C)C3(CC)C(C)C(C(=C)N)C(O)CC3(C)CC2([O-])Cc2c(CCC)cc(/C=C/C)c(C)c21. The van der Waals surface area contributed by atoms with Crippen LogP contribution in [0.2, 0.25) is 0 Å². The number of nitrogens with two attached hydrogens (primary N) is 1. The minimum Gasteiger partial charge on any atom is -0.846 e. The predicted molar refractivity (Wildman–Crippen MR) is 150 cm³/mol. The first kappa shape index (κ1) is 26.9. The summed E-state index contributed by atoms with van der Waals surface area (Å²) in [5, 5.41) is 26.3. The van der Waals surface area contributed by atoms with Gasteiger partial charge in [-0.25, -0.2) is 0 Å². The van der Waals surface area contributed by atoms with Gasteiger partial charge in [-0.05, 0) is 96.6 Å². The Kier molecular flexibility index (Phi) is 6.76. The van der Waals surface area contributed by atoms with E-state index in [-0.39, 0.29) is 22.7 Å². The lowest BCUT2D eigenvalue weighted by Crippen LogP contribution is -2.66. The van der Waals surface area contributed by atoms with Crippen LogP contribution in [0.5, 0.6) is 0 Å². The fraction of sp³-hybridized carbons (Fsp3) is 0.576. The molecule has 1 aromatic carbocycles. The Morgan fingerprint density at radius 3 is 2.53 bits per heavy atom. The molecule has 6 atom stereocenters. The second-order valence-electron chi connectivity index (χ2n) is 12.2. The zero-order chi connectivity index (χ0) is 26.8. The molecule has 0 heterocycles. The van der Waals surface area contributed by atoms with Crippen LogP contribution in [0.25, 0.3) is 11.6 Å². The van der Waals surface area contributed by atoms with E-state index in [9.17, 15) is 5.11 Å². The first-order valence-electron chi connectivity index (χ1n) is 13.9. The van der Waals surface area contributed by atoms with Gasteiger partial charge in [-0.1, -0.05) is 88.7 Å². The zero-order valence-corrected chi connectivity index (χ0v) is 23.6. The van der Waals surface area contributed by atoms with Crippen molar-refractivity contribution in [2.24, 2.45) is 28.4 Å². The van der Waals surface area contributed by atoms with E-state index in [0.29, 0.717) is 25.0 Å². The topological polar surface area (TPSA) is 69.3 Å². The van der Waals surface area contributed by atoms with Crippen molar-refractivity contribution < 1.29 is 10.2 Å². The summed E-state index contributed by atoms with van der Waals surface area (Å²) in [7, 11) is 0. The Morgan fingerprint density at radius 1 is 1.31 bits per heavy atom. The summed E-state index contributed by atoms with van der Waals surface area (Å²) in [6.45, 7) is 24.0. The summed E-state index contributed by atoms with van der Waals surface area (Å²) in [5.74, 6) is -0.109. The molecule has 3 aliphatic carbocycles. The van der Waals surface area contributed by atoms with Gasteiger partial charge >= 0.3 is 0 Å². The molecule has 0 bridgehead atoms. The average molecular weight is 489 g/mol. The number of allylic oxidation sites excluding steroid dienone is 2. The third-order valence-electron chi connectivity index (χ3n) is 10.4. The monoisotopic (exact) mass is 488 g/mol. The molecule has 196 valence electrons. The van der Waals surface area contributed by atoms with Crippen LogP contribution in [-0.2, 0) is 12.8 Å². The van der Waals surface area contributed by atoms with Gasteiger partial charge in [0.15, 0.2) is 0 Å². The molecule has 0 aliphatic heterocycles. The summed E-state index contributed by atoms with van der Waals surface area (Å²) >= 11 is 0. The summed E-state index contributed by atoms with van der Waals surface area (Å²) in [4.78, 5) is 0. The molecule has 1 saturated carbocycles. The highest BCUT2D eigenvalue weighted by Gasteiger charge is 2.63. The summed E-state index contributed by atoms with van der Waals surface area (Å²) in [6.07, 6.45) is 8.14. The number of aryl methyl sites for hydroxylation is 1. The average Bonchev–Trinajstić information content (AvgIpc) is 2.75. The summed E-state index contributed by atoms with van der Waals surface area (Å²) in [5.41, 5.74) is 14.1. The van der Waals surface area contributed by atoms with E-state index in [0.717, 1.165) is 30.4 Å². The molecule has 1 fully saturated rings. The van der Waals surface area contributed by atoms with E-state index in [1.807, 2.05) is 0 Å². The van der Waals surface area contributed by atoms with Crippen molar-refractivity contribution in [1.82, 2.24) is 0 Å². The summed E-state index contributed by atoms with van der Waals surface area (Å²) < 4.78 is 0. The molecule has 3 aliphatic rings. The van der Waals surface area contributed by atoms with E-state index in [4.69, 9.17) is 5.73 Å². The van der Waals surface area contributed by atoms with Crippen LogP contribution in [0.15, 0.2) is 42.1 Å². The molecule has 3 N–H and O–H groups in total. The van der Waals surface area contributed by atoms with E-state index in [2.05, 4.69) is 79.8 Å². The van der Waals surface area contributed by atoms with Crippen LogP contribution in [0.3, 0.4) is 0 Å². The molecule has 3 nitrogen and oxygen atoms in total. The highest BCUT2D eigenvalue weighted by molar-refractivity contribution is 5.88. The standard InChI is InChI=1S/C33H46NO2/c1-10-13-24-15-25(14-11-2)26-16-32(36)18-31(9)17-27(35)29(23(8)34)21(6)33(31,12-3)22(7)30(32)20(5)28(26)19(24)4/h10,13,15,21,27,29,35H,5,8,11-12,14,16-18,34H2,1-4,6-7,9H3/q-1/b13-10+. The van der Waals surface area contributed by atoms with E-state index in [1.54, 1.807) is 0 Å². The molecule has 1 aromatic rings. The van der Waals surface area contributed by atoms with Crippen molar-refractivity contribution in [3.05, 3.63) is 70.0 Å². The quantitative estimate of drug-likeness (QED) is 0.514. The Bertz CT molecular complexity index is 1170. The Morgan fingerprint density at radius 2 is 1.97 bits per heavy atom. The molecular weight excluding hydrogens is 442 g/mol. The van der Waals surface area contributed by atoms with E-state index in [1.165, 1.54) is 33.4 Å². The molecule has 0 radical (unpaired) electrons. The maximum Gasteiger partial charge on any atom is 0.0631 e. The van der Waals surface area contributed by atoms with Crippen LogP contribution in [0, 0.1) is 29.6 Å². The number of aliphatic hydroxyl groups is 1. The largest absolute Gasteiger partial charge is 0.846 e. The first-order valence-corrected chi connectivity index (χ1v) is 13.9. The van der Waals surface area contributed by atoms with Gasteiger partial charge in [0, 0.05) is 11.6 Å². The van der Waals surface area contributed by atoms with Crippen LogP contribution >= 0.6 is 0 Å². The van der Waals surface area contributed by atoms with Gasteiger partial charge in [0.1, 0.15) is 0 Å². The van der Waals surface area contributed by atoms with Gasteiger partial charge in [-0.15, -0.1) is 0 Å². The second-order valence-corrected chi connectivity index (χ2v) is 12.2. The molecule has 6 unspecified atom stereocenters. The number of aliphatic hydroxyl groups excluding tert-OH is 1. The maximum atomic E-state index is 15.1. The highest BCUT2D eigenvalue weighted by Crippen LogP contribution is 2.69. The lowest BCUT2D eigenvalue weighted by Gasteiger charge is -2.69.